The number of oxime groups is 1. The molecule has 0 fully saturated rings. The minimum atomic E-state index is -3.70. The predicted octanol–water partition coefficient (Wildman–Crippen LogP) is 1.64. The van der Waals surface area contributed by atoms with Gasteiger partial charge in [0.25, 0.3) is 0 Å². The molecular formula is C11H16BrN3O3S. The van der Waals surface area contributed by atoms with Crippen LogP contribution < -0.4 is 10.5 Å². The third-order valence-electron chi connectivity index (χ3n) is 2.47. The Morgan fingerprint density at radius 3 is 2.53 bits per heavy atom. The fourth-order valence-electron chi connectivity index (χ4n) is 1.49. The first-order valence-electron chi connectivity index (χ1n) is 5.66. The van der Waals surface area contributed by atoms with Crippen molar-refractivity contribution < 1.29 is 13.6 Å². The maximum absolute atomic E-state index is 12.1. The molecule has 0 heterocycles. The SMILES string of the molecule is CCCC(NS(=O)(=O)c1ccc(Br)cc1)/C(N)=N/O. The van der Waals surface area contributed by atoms with E-state index in [1.807, 2.05) is 6.92 Å². The molecule has 6 nitrogen and oxygen atoms in total. The van der Waals surface area contributed by atoms with E-state index in [0.717, 1.165) is 4.47 Å². The quantitative estimate of drug-likeness (QED) is 0.314. The van der Waals surface area contributed by atoms with Crippen molar-refractivity contribution in [3.05, 3.63) is 28.7 Å². The Labute approximate surface area is 120 Å². The number of hydrogen-bond acceptors (Lipinski definition) is 4. The van der Waals surface area contributed by atoms with Crippen LogP contribution in [0.4, 0.5) is 0 Å². The first-order valence-corrected chi connectivity index (χ1v) is 7.93. The summed E-state index contributed by atoms with van der Waals surface area (Å²) in [6.07, 6.45) is 1.15. The van der Waals surface area contributed by atoms with E-state index in [4.69, 9.17) is 10.9 Å². The summed E-state index contributed by atoms with van der Waals surface area (Å²) in [5.74, 6) is -0.150. The molecule has 0 amide bonds. The van der Waals surface area contributed by atoms with Crippen LogP contribution in [0.3, 0.4) is 0 Å². The molecule has 0 bridgehead atoms. The molecule has 1 aromatic rings. The summed E-state index contributed by atoms with van der Waals surface area (Å²) in [4.78, 5) is 0.127. The largest absolute Gasteiger partial charge is 0.409 e. The van der Waals surface area contributed by atoms with Gasteiger partial charge >= 0.3 is 0 Å². The second-order valence-corrected chi connectivity index (χ2v) is 6.57. The molecule has 0 aliphatic carbocycles. The number of halogens is 1. The third-order valence-corrected chi connectivity index (χ3v) is 4.49. The van der Waals surface area contributed by atoms with Crippen molar-refractivity contribution in [2.45, 2.75) is 30.7 Å². The zero-order valence-corrected chi connectivity index (χ0v) is 12.8. The van der Waals surface area contributed by atoms with Gasteiger partial charge in [-0.1, -0.05) is 34.4 Å². The number of nitrogens with one attached hydrogen (secondary N) is 1. The highest BCUT2D eigenvalue weighted by Crippen LogP contribution is 2.15. The summed E-state index contributed by atoms with van der Waals surface area (Å²) in [5.41, 5.74) is 5.48. The zero-order valence-electron chi connectivity index (χ0n) is 10.4. The van der Waals surface area contributed by atoms with Gasteiger partial charge in [0, 0.05) is 4.47 Å². The average molecular weight is 350 g/mol. The topological polar surface area (TPSA) is 105 Å². The van der Waals surface area contributed by atoms with E-state index in [9.17, 15) is 8.42 Å². The fourth-order valence-corrected chi connectivity index (χ4v) is 3.00. The number of sulfonamides is 1. The van der Waals surface area contributed by atoms with E-state index < -0.39 is 16.1 Å². The molecule has 8 heteroatoms. The van der Waals surface area contributed by atoms with Crippen molar-refractivity contribution in [1.82, 2.24) is 4.72 Å². The predicted molar refractivity (Wildman–Crippen MR) is 76.6 cm³/mol. The van der Waals surface area contributed by atoms with Gasteiger partial charge in [0.15, 0.2) is 5.84 Å². The summed E-state index contributed by atoms with van der Waals surface area (Å²) in [7, 11) is -3.70. The molecule has 0 aromatic heterocycles. The maximum atomic E-state index is 12.1. The van der Waals surface area contributed by atoms with E-state index in [1.54, 1.807) is 12.1 Å². The van der Waals surface area contributed by atoms with Gasteiger partial charge in [-0.05, 0) is 30.7 Å². The molecule has 4 N–H and O–H groups in total. The van der Waals surface area contributed by atoms with Gasteiger partial charge in [-0.2, -0.15) is 0 Å². The number of nitrogens with zero attached hydrogens (tertiary/aromatic N) is 1. The van der Waals surface area contributed by atoms with Crippen molar-refractivity contribution in [3.8, 4) is 0 Å². The Morgan fingerprint density at radius 1 is 1.47 bits per heavy atom. The molecule has 0 aliphatic rings. The highest BCUT2D eigenvalue weighted by Gasteiger charge is 2.22. The number of benzene rings is 1. The van der Waals surface area contributed by atoms with Crippen LogP contribution in [0.15, 0.2) is 38.8 Å². The zero-order chi connectivity index (χ0) is 14.5. The maximum Gasteiger partial charge on any atom is 0.241 e. The minimum Gasteiger partial charge on any atom is -0.409 e. The lowest BCUT2D eigenvalue weighted by Gasteiger charge is -2.16. The number of amidine groups is 1. The highest BCUT2D eigenvalue weighted by atomic mass is 79.9. The van der Waals surface area contributed by atoms with Crippen LogP contribution in [0.2, 0.25) is 0 Å². The molecule has 0 aliphatic heterocycles. The smallest absolute Gasteiger partial charge is 0.241 e. The average Bonchev–Trinajstić information content (AvgIpc) is 2.37. The molecule has 0 spiro atoms. The lowest BCUT2D eigenvalue weighted by molar-refractivity contribution is 0.315. The van der Waals surface area contributed by atoms with Gasteiger partial charge in [-0.25, -0.2) is 13.1 Å². The molecule has 0 radical (unpaired) electrons. The molecule has 106 valence electrons. The lowest BCUT2D eigenvalue weighted by atomic mass is 10.2. The normalized spacial score (nSPS) is 14.3. The van der Waals surface area contributed by atoms with Gasteiger partial charge in [0.05, 0.1) is 10.9 Å². The molecule has 1 atom stereocenters. The van der Waals surface area contributed by atoms with Crippen LogP contribution in [0, 0.1) is 0 Å². The number of hydrogen-bond donors (Lipinski definition) is 3. The molecule has 1 aromatic carbocycles. The van der Waals surface area contributed by atoms with Crippen molar-refractivity contribution in [1.29, 1.82) is 0 Å². The monoisotopic (exact) mass is 349 g/mol. The minimum absolute atomic E-state index is 0.127. The van der Waals surface area contributed by atoms with E-state index in [2.05, 4.69) is 25.8 Å². The molecule has 1 rings (SSSR count). The van der Waals surface area contributed by atoms with Crippen molar-refractivity contribution in [3.63, 3.8) is 0 Å². The van der Waals surface area contributed by atoms with Gasteiger partial charge < -0.3 is 10.9 Å². The van der Waals surface area contributed by atoms with Crippen LogP contribution in [-0.2, 0) is 10.0 Å². The number of rotatable bonds is 6. The molecule has 1 unspecified atom stereocenters. The van der Waals surface area contributed by atoms with Crippen LogP contribution in [-0.4, -0.2) is 25.5 Å². The van der Waals surface area contributed by atoms with Gasteiger partial charge in [0.1, 0.15) is 0 Å². The van der Waals surface area contributed by atoms with Gasteiger partial charge in [0.2, 0.25) is 10.0 Å². The Kier molecular flexibility index (Phi) is 5.77. The first kappa shape index (κ1) is 15.9. The fraction of sp³-hybridized carbons (Fsp3) is 0.364. The van der Waals surface area contributed by atoms with Crippen LogP contribution in [0.25, 0.3) is 0 Å². The lowest BCUT2D eigenvalue weighted by Crippen LogP contribution is -2.44. The van der Waals surface area contributed by atoms with E-state index in [0.29, 0.717) is 12.8 Å². The van der Waals surface area contributed by atoms with Gasteiger partial charge in [-0.15, -0.1) is 0 Å². The Bertz CT molecular complexity index is 543. The van der Waals surface area contributed by atoms with E-state index in [-0.39, 0.29) is 10.7 Å². The summed E-state index contributed by atoms with van der Waals surface area (Å²) in [6.45, 7) is 1.88. The Hall–Kier alpha value is -1.12. The molecule has 19 heavy (non-hydrogen) atoms. The second kappa shape index (κ2) is 6.88. The molecule has 0 saturated heterocycles. The Morgan fingerprint density at radius 2 is 2.05 bits per heavy atom. The summed E-state index contributed by atoms with van der Waals surface area (Å²) in [6, 6.07) is 5.49. The first-order chi connectivity index (χ1) is 8.90. The standard InChI is InChI=1S/C11H16BrN3O3S/c1-2-3-10(11(13)14-16)15-19(17,18)9-6-4-8(12)5-7-9/h4-7,10,15-16H,2-3H2,1H3,(H2,13,14). The highest BCUT2D eigenvalue weighted by molar-refractivity contribution is 9.10. The van der Waals surface area contributed by atoms with Gasteiger partial charge in [-0.3, -0.25) is 0 Å². The summed E-state index contributed by atoms with van der Waals surface area (Å²) >= 11 is 3.23. The van der Waals surface area contributed by atoms with Crippen LogP contribution in [0.5, 0.6) is 0 Å². The Balaban J connectivity index is 2.97. The summed E-state index contributed by atoms with van der Waals surface area (Å²) in [5, 5.41) is 11.5. The number of nitrogens with two attached hydrogens (primary N) is 1. The van der Waals surface area contributed by atoms with Crippen molar-refractivity contribution in [2.24, 2.45) is 10.9 Å². The summed E-state index contributed by atoms with van der Waals surface area (Å²) < 4.78 is 27.5. The molecule has 0 saturated carbocycles. The molecular weight excluding hydrogens is 334 g/mol. The van der Waals surface area contributed by atoms with Crippen molar-refractivity contribution in [2.75, 3.05) is 0 Å². The van der Waals surface area contributed by atoms with Crippen LogP contribution in [0.1, 0.15) is 19.8 Å². The van der Waals surface area contributed by atoms with Crippen LogP contribution >= 0.6 is 15.9 Å². The van der Waals surface area contributed by atoms with Crippen molar-refractivity contribution >= 4 is 31.8 Å². The van der Waals surface area contributed by atoms with E-state index in [1.165, 1.54) is 12.1 Å². The third kappa shape index (κ3) is 4.48. The van der Waals surface area contributed by atoms with E-state index >= 15 is 0 Å². The second-order valence-electron chi connectivity index (χ2n) is 3.94.